The highest BCUT2D eigenvalue weighted by Gasteiger charge is 2.29. The van der Waals surface area contributed by atoms with Gasteiger partial charge in [-0.15, -0.1) is 0 Å². The van der Waals surface area contributed by atoms with Crippen LogP contribution in [0, 0.1) is 5.92 Å². The molecule has 2 aromatic rings. The molecule has 1 aromatic heterocycles. The SMILES string of the molecule is CC(C(=O)NCCNC(=O)c1ccc(NC(=O)C2CC2)cc1)n1ncccc1=O. The molecule has 29 heavy (non-hydrogen) atoms. The van der Waals surface area contributed by atoms with Crippen LogP contribution in [0.3, 0.4) is 0 Å². The molecule has 1 atom stereocenters. The lowest BCUT2D eigenvalue weighted by Crippen LogP contribution is -2.40. The molecule has 1 aliphatic carbocycles. The van der Waals surface area contributed by atoms with Crippen LogP contribution in [0.1, 0.15) is 36.2 Å². The van der Waals surface area contributed by atoms with E-state index in [0.29, 0.717) is 11.3 Å². The van der Waals surface area contributed by atoms with E-state index in [1.165, 1.54) is 18.3 Å². The first-order valence-electron chi connectivity index (χ1n) is 9.46. The smallest absolute Gasteiger partial charge is 0.267 e. The number of amides is 3. The van der Waals surface area contributed by atoms with Crippen LogP contribution >= 0.6 is 0 Å². The van der Waals surface area contributed by atoms with Crippen molar-refractivity contribution in [2.24, 2.45) is 5.92 Å². The lowest BCUT2D eigenvalue weighted by Gasteiger charge is -2.13. The van der Waals surface area contributed by atoms with Crippen LogP contribution in [0.15, 0.2) is 47.4 Å². The van der Waals surface area contributed by atoms with Crippen molar-refractivity contribution in [1.29, 1.82) is 0 Å². The molecule has 0 spiro atoms. The Morgan fingerprint density at radius 2 is 1.79 bits per heavy atom. The second-order valence-corrected chi connectivity index (χ2v) is 6.87. The zero-order valence-corrected chi connectivity index (χ0v) is 16.1. The summed E-state index contributed by atoms with van der Waals surface area (Å²) in [6, 6.07) is 8.72. The van der Waals surface area contributed by atoms with Gasteiger partial charge in [0.15, 0.2) is 0 Å². The third kappa shape index (κ3) is 5.50. The van der Waals surface area contributed by atoms with Crippen LogP contribution in [0.4, 0.5) is 5.69 Å². The molecule has 1 unspecified atom stereocenters. The minimum absolute atomic E-state index is 0.0140. The Balaban J connectivity index is 1.41. The quantitative estimate of drug-likeness (QED) is 0.566. The van der Waals surface area contributed by atoms with E-state index in [1.807, 2.05) is 0 Å². The molecule has 152 valence electrons. The Labute approximate surface area is 167 Å². The van der Waals surface area contributed by atoms with Crippen LogP contribution < -0.4 is 21.5 Å². The molecule has 0 saturated heterocycles. The molecule has 3 N–H and O–H groups in total. The molecule has 3 amide bonds. The number of nitrogens with zero attached hydrogens (tertiary/aromatic N) is 2. The predicted molar refractivity (Wildman–Crippen MR) is 106 cm³/mol. The number of hydrogen-bond acceptors (Lipinski definition) is 5. The molecule has 1 aromatic carbocycles. The van der Waals surface area contributed by atoms with E-state index in [4.69, 9.17) is 0 Å². The molecule has 9 heteroatoms. The average molecular weight is 397 g/mol. The van der Waals surface area contributed by atoms with E-state index in [9.17, 15) is 19.2 Å². The lowest BCUT2D eigenvalue weighted by atomic mass is 10.2. The molecule has 1 aliphatic rings. The van der Waals surface area contributed by atoms with Gasteiger partial charge in [0.25, 0.3) is 11.5 Å². The Morgan fingerprint density at radius 3 is 2.45 bits per heavy atom. The van der Waals surface area contributed by atoms with Gasteiger partial charge in [-0.2, -0.15) is 5.10 Å². The fourth-order valence-corrected chi connectivity index (χ4v) is 2.68. The number of nitrogens with one attached hydrogen (secondary N) is 3. The van der Waals surface area contributed by atoms with Gasteiger partial charge in [0.05, 0.1) is 0 Å². The van der Waals surface area contributed by atoms with Gasteiger partial charge in [-0.1, -0.05) is 0 Å². The van der Waals surface area contributed by atoms with Crippen molar-refractivity contribution in [3.63, 3.8) is 0 Å². The number of rotatable bonds is 8. The Kier molecular flexibility index (Phi) is 6.38. The number of aromatic nitrogens is 2. The second kappa shape index (κ2) is 9.13. The second-order valence-electron chi connectivity index (χ2n) is 6.87. The van der Waals surface area contributed by atoms with E-state index in [0.717, 1.165) is 17.5 Å². The third-order valence-corrected chi connectivity index (χ3v) is 4.56. The molecular weight excluding hydrogens is 374 g/mol. The maximum atomic E-state index is 12.2. The number of benzene rings is 1. The maximum Gasteiger partial charge on any atom is 0.267 e. The summed E-state index contributed by atoms with van der Waals surface area (Å²) in [5.74, 6) is -0.517. The van der Waals surface area contributed by atoms with Crippen molar-refractivity contribution >= 4 is 23.4 Å². The van der Waals surface area contributed by atoms with Gasteiger partial charge in [0.1, 0.15) is 6.04 Å². The highest BCUT2D eigenvalue weighted by atomic mass is 16.2. The first kappa shape index (κ1) is 20.2. The maximum absolute atomic E-state index is 12.2. The van der Waals surface area contributed by atoms with Crippen molar-refractivity contribution in [3.8, 4) is 0 Å². The van der Waals surface area contributed by atoms with E-state index in [2.05, 4.69) is 21.0 Å². The summed E-state index contributed by atoms with van der Waals surface area (Å²) >= 11 is 0. The minimum atomic E-state index is -0.752. The molecule has 0 aliphatic heterocycles. The highest BCUT2D eigenvalue weighted by molar-refractivity contribution is 5.96. The summed E-state index contributed by atoms with van der Waals surface area (Å²) < 4.78 is 1.09. The van der Waals surface area contributed by atoms with Gasteiger partial charge < -0.3 is 16.0 Å². The summed E-state index contributed by atoms with van der Waals surface area (Å²) in [7, 11) is 0. The largest absolute Gasteiger partial charge is 0.352 e. The van der Waals surface area contributed by atoms with Crippen LogP contribution in [0.5, 0.6) is 0 Å². The molecule has 1 saturated carbocycles. The van der Waals surface area contributed by atoms with Gasteiger partial charge in [-0.25, -0.2) is 4.68 Å². The van der Waals surface area contributed by atoms with Crippen molar-refractivity contribution < 1.29 is 14.4 Å². The van der Waals surface area contributed by atoms with Crippen molar-refractivity contribution in [1.82, 2.24) is 20.4 Å². The van der Waals surface area contributed by atoms with Crippen molar-refractivity contribution in [2.75, 3.05) is 18.4 Å². The number of carbonyl (C=O) groups is 3. The zero-order valence-electron chi connectivity index (χ0n) is 16.1. The molecule has 0 radical (unpaired) electrons. The summed E-state index contributed by atoms with van der Waals surface area (Å²) in [5, 5.41) is 12.1. The van der Waals surface area contributed by atoms with E-state index >= 15 is 0 Å². The van der Waals surface area contributed by atoms with Gasteiger partial charge >= 0.3 is 0 Å². The topological polar surface area (TPSA) is 122 Å². The average Bonchev–Trinajstić information content (AvgIpc) is 3.57. The van der Waals surface area contributed by atoms with Crippen molar-refractivity contribution in [2.45, 2.75) is 25.8 Å². The monoisotopic (exact) mass is 397 g/mol. The number of carbonyl (C=O) groups excluding carboxylic acids is 3. The standard InChI is InChI=1S/C20H23N5O4/c1-13(25-17(26)3-2-10-23-25)18(27)21-11-12-22-19(28)14-6-8-16(9-7-14)24-20(29)15-4-5-15/h2-3,6-10,13,15H,4-5,11-12H2,1H3,(H,21,27)(H,22,28)(H,24,29). The summed E-state index contributed by atoms with van der Waals surface area (Å²) in [6.07, 6.45) is 3.30. The van der Waals surface area contributed by atoms with Gasteiger partial charge in [0.2, 0.25) is 11.8 Å². The predicted octanol–water partition coefficient (Wildman–Crippen LogP) is 0.699. The molecule has 1 heterocycles. The van der Waals surface area contributed by atoms with Gasteiger partial charge in [-0.05, 0) is 50.1 Å². The van der Waals surface area contributed by atoms with E-state index < -0.39 is 6.04 Å². The van der Waals surface area contributed by atoms with Gasteiger partial charge in [-0.3, -0.25) is 19.2 Å². The number of anilines is 1. The van der Waals surface area contributed by atoms with Crippen molar-refractivity contribution in [3.05, 3.63) is 58.5 Å². The first-order valence-corrected chi connectivity index (χ1v) is 9.46. The normalized spacial score (nSPS) is 14.0. The Morgan fingerprint density at radius 1 is 1.10 bits per heavy atom. The molecule has 1 fully saturated rings. The zero-order chi connectivity index (χ0) is 20.8. The third-order valence-electron chi connectivity index (χ3n) is 4.56. The first-order chi connectivity index (χ1) is 14.0. The number of hydrogen-bond donors (Lipinski definition) is 3. The highest BCUT2D eigenvalue weighted by Crippen LogP contribution is 2.30. The Bertz CT molecular complexity index is 950. The van der Waals surface area contributed by atoms with Crippen LogP contribution in [0.2, 0.25) is 0 Å². The molecule has 3 rings (SSSR count). The van der Waals surface area contributed by atoms with E-state index in [-0.39, 0.29) is 42.3 Å². The molecule has 9 nitrogen and oxygen atoms in total. The van der Waals surface area contributed by atoms with E-state index in [1.54, 1.807) is 31.2 Å². The minimum Gasteiger partial charge on any atom is -0.352 e. The fourth-order valence-electron chi connectivity index (χ4n) is 2.68. The summed E-state index contributed by atoms with van der Waals surface area (Å²) in [5.41, 5.74) is 0.749. The summed E-state index contributed by atoms with van der Waals surface area (Å²) in [4.78, 5) is 47.7. The van der Waals surface area contributed by atoms with Crippen LogP contribution in [0.25, 0.3) is 0 Å². The Hall–Kier alpha value is -3.49. The fraction of sp³-hybridized carbons (Fsp3) is 0.350. The summed E-state index contributed by atoms with van der Waals surface area (Å²) in [6.45, 7) is 2.02. The van der Waals surface area contributed by atoms with Crippen LogP contribution in [-0.2, 0) is 9.59 Å². The molecule has 0 bridgehead atoms. The van der Waals surface area contributed by atoms with Gasteiger partial charge in [0, 0.05) is 42.5 Å². The lowest BCUT2D eigenvalue weighted by molar-refractivity contribution is -0.124. The van der Waals surface area contributed by atoms with Crippen LogP contribution in [-0.4, -0.2) is 40.6 Å². The molecular formula is C20H23N5O4.